The first-order valence-electron chi connectivity index (χ1n) is 3.32. The molecule has 1 amide bonds. The first-order chi connectivity index (χ1) is 4.93. The highest BCUT2D eigenvalue weighted by Crippen LogP contribution is 2.06. The molecule has 0 aliphatic carbocycles. The summed E-state index contributed by atoms with van der Waals surface area (Å²) in [5, 5.41) is 18.0. The number of rotatable bonds is 3. The van der Waals surface area contributed by atoms with E-state index < -0.39 is 11.8 Å². The van der Waals surface area contributed by atoms with Crippen LogP contribution in [-0.4, -0.2) is 33.5 Å². The lowest BCUT2D eigenvalue weighted by molar-refractivity contribution is -0.241. The number of carbonyl (C=O) groups is 1. The number of hydrogen-bond acceptors (Lipinski definition) is 3. The minimum absolute atomic E-state index is 0.231. The van der Waals surface area contributed by atoms with Crippen molar-refractivity contribution in [3.63, 3.8) is 0 Å². The van der Waals surface area contributed by atoms with Crippen molar-refractivity contribution >= 4 is 5.91 Å². The Labute approximate surface area is 65.7 Å². The van der Waals surface area contributed by atoms with Gasteiger partial charge in [0.2, 0.25) is 11.8 Å². The molecule has 4 heteroatoms. The van der Waals surface area contributed by atoms with Gasteiger partial charge in [0.15, 0.2) is 0 Å². The van der Waals surface area contributed by atoms with Crippen LogP contribution in [0.2, 0.25) is 0 Å². The highest BCUT2D eigenvalue weighted by Gasteiger charge is 2.27. The van der Waals surface area contributed by atoms with Gasteiger partial charge in [0.05, 0.1) is 0 Å². The molecule has 0 atom stereocenters. The maximum absolute atomic E-state index is 10.9. The van der Waals surface area contributed by atoms with Crippen LogP contribution in [0.3, 0.4) is 0 Å². The zero-order valence-electron chi connectivity index (χ0n) is 6.74. The SMILES string of the molecule is C=CC(=O)N(CC)C(C)(O)O. The topological polar surface area (TPSA) is 60.8 Å². The van der Waals surface area contributed by atoms with Gasteiger partial charge in [-0.1, -0.05) is 6.58 Å². The molecular formula is C7H13NO3. The Morgan fingerprint density at radius 1 is 1.73 bits per heavy atom. The number of likely N-dealkylation sites (N-methyl/N-ethyl adjacent to an activating group) is 1. The van der Waals surface area contributed by atoms with Gasteiger partial charge in [0.25, 0.3) is 0 Å². The average Bonchev–Trinajstić information content (AvgIpc) is 1.86. The predicted octanol–water partition coefficient (Wildman–Crippen LogP) is -0.321. The molecule has 0 bridgehead atoms. The highest BCUT2D eigenvalue weighted by molar-refractivity contribution is 5.87. The van der Waals surface area contributed by atoms with Crippen LogP contribution in [0.15, 0.2) is 12.7 Å². The first-order valence-corrected chi connectivity index (χ1v) is 3.32. The summed E-state index contributed by atoms with van der Waals surface area (Å²) in [5.74, 6) is -2.60. The van der Waals surface area contributed by atoms with E-state index in [1.807, 2.05) is 0 Å². The Bertz CT molecular complexity index is 160. The lowest BCUT2D eigenvalue weighted by Gasteiger charge is -2.30. The quantitative estimate of drug-likeness (QED) is 0.438. The Morgan fingerprint density at radius 2 is 2.18 bits per heavy atom. The van der Waals surface area contributed by atoms with Crippen LogP contribution in [0.25, 0.3) is 0 Å². The number of hydrogen-bond donors (Lipinski definition) is 2. The van der Waals surface area contributed by atoms with E-state index in [1.54, 1.807) is 6.92 Å². The molecule has 0 spiro atoms. The summed E-state index contributed by atoms with van der Waals surface area (Å²) in [6, 6.07) is 0. The van der Waals surface area contributed by atoms with Gasteiger partial charge in [-0.05, 0) is 13.0 Å². The highest BCUT2D eigenvalue weighted by atomic mass is 16.5. The van der Waals surface area contributed by atoms with Crippen molar-refractivity contribution in [1.82, 2.24) is 4.90 Å². The molecule has 0 aromatic heterocycles. The summed E-state index contributed by atoms with van der Waals surface area (Å²) in [5.41, 5.74) is 0. The smallest absolute Gasteiger partial charge is 0.250 e. The van der Waals surface area contributed by atoms with Gasteiger partial charge in [-0.2, -0.15) is 0 Å². The normalized spacial score (nSPS) is 10.9. The lowest BCUT2D eigenvalue weighted by Crippen LogP contribution is -2.48. The van der Waals surface area contributed by atoms with Crippen LogP contribution < -0.4 is 0 Å². The number of aliphatic hydroxyl groups is 2. The Hall–Kier alpha value is -0.870. The standard InChI is InChI=1S/C7H13NO3/c1-4-6(9)8(5-2)7(3,10)11/h4,10-11H,1,5H2,2-3H3. The Kier molecular flexibility index (Phi) is 3.22. The van der Waals surface area contributed by atoms with Gasteiger partial charge < -0.3 is 10.2 Å². The second-order valence-electron chi connectivity index (χ2n) is 2.26. The minimum Gasteiger partial charge on any atom is -0.349 e. The van der Waals surface area contributed by atoms with Crippen molar-refractivity contribution in [1.29, 1.82) is 0 Å². The van der Waals surface area contributed by atoms with Gasteiger partial charge in [-0.25, -0.2) is 0 Å². The van der Waals surface area contributed by atoms with E-state index in [0.717, 1.165) is 17.9 Å². The van der Waals surface area contributed by atoms with E-state index >= 15 is 0 Å². The van der Waals surface area contributed by atoms with Gasteiger partial charge >= 0.3 is 0 Å². The number of amides is 1. The van der Waals surface area contributed by atoms with Crippen LogP contribution >= 0.6 is 0 Å². The van der Waals surface area contributed by atoms with E-state index in [4.69, 9.17) is 10.2 Å². The fraction of sp³-hybridized carbons (Fsp3) is 0.571. The molecule has 0 unspecified atom stereocenters. The summed E-state index contributed by atoms with van der Waals surface area (Å²) >= 11 is 0. The van der Waals surface area contributed by atoms with Gasteiger partial charge in [0, 0.05) is 13.5 Å². The summed E-state index contributed by atoms with van der Waals surface area (Å²) in [6.45, 7) is 6.23. The maximum atomic E-state index is 10.9. The van der Waals surface area contributed by atoms with Crippen LogP contribution in [-0.2, 0) is 4.79 Å². The van der Waals surface area contributed by atoms with Crippen LogP contribution in [0, 0.1) is 0 Å². The monoisotopic (exact) mass is 159 g/mol. The van der Waals surface area contributed by atoms with Crippen LogP contribution in [0.1, 0.15) is 13.8 Å². The molecule has 64 valence electrons. The number of nitrogens with zero attached hydrogens (tertiary/aromatic N) is 1. The van der Waals surface area contributed by atoms with E-state index in [2.05, 4.69) is 6.58 Å². The summed E-state index contributed by atoms with van der Waals surface area (Å²) in [4.78, 5) is 11.8. The van der Waals surface area contributed by atoms with E-state index in [0.29, 0.717) is 0 Å². The molecule has 0 heterocycles. The largest absolute Gasteiger partial charge is 0.349 e. The molecule has 4 nitrogen and oxygen atoms in total. The third-order valence-corrected chi connectivity index (χ3v) is 1.27. The minimum atomic E-state index is -2.10. The van der Waals surface area contributed by atoms with Crippen molar-refractivity contribution in [3.8, 4) is 0 Å². The second-order valence-corrected chi connectivity index (χ2v) is 2.26. The van der Waals surface area contributed by atoms with Crippen molar-refractivity contribution in [2.24, 2.45) is 0 Å². The number of carbonyl (C=O) groups excluding carboxylic acids is 1. The molecule has 0 saturated carbocycles. The molecule has 11 heavy (non-hydrogen) atoms. The predicted molar refractivity (Wildman–Crippen MR) is 40.4 cm³/mol. The van der Waals surface area contributed by atoms with Crippen LogP contribution in [0.5, 0.6) is 0 Å². The van der Waals surface area contributed by atoms with E-state index in [1.165, 1.54) is 0 Å². The molecular weight excluding hydrogens is 146 g/mol. The molecule has 0 fully saturated rings. The molecule has 0 saturated heterocycles. The van der Waals surface area contributed by atoms with E-state index in [-0.39, 0.29) is 6.54 Å². The average molecular weight is 159 g/mol. The molecule has 0 aliphatic rings. The van der Waals surface area contributed by atoms with Crippen molar-refractivity contribution < 1.29 is 15.0 Å². The van der Waals surface area contributed by atoms with Crippen molar-refractivity contribution in [2.75, 3.05) is 6.54 Å². The van der Waals surface area contributed by atoms with Crippen molar-refractivity contribution in [2.45, 2.75) is 19.8 Å². The fourth-order valence-electron chi connectivity index (χ4n) is 0.774. The molecule has 0 rings (SSSR count). The zero-order chi connectivity index (χ0) is 9.07. The third-order valence-electron chi connectivity index (χ3n) is 1.27. The summed E-state index contributed by atoms with van der Waals surface area (Å²) in [6.07, 6.45) is 1.04. The Morgan fingerprint density at radius 3 is 2.27 bits per heavy atom. The maximum Gasteiger partial charge on any atom is 0.250 e. The summed E-state index contributed by atoms with van der Waals surface area (Å²) < 4.78 is 0. The van der Waals surface area contributed by atoms with E-state index in [9.17, 15) is 4.79 Å². The second kappa shape index (κ2) is 3.50. The Balaban J connectivity index is 4.41. The zero-order valence-corrected chi connectivity index (χ0v) is 6.74. The molecule has 0 aliphatic heterocycles. The molecule has 0 radical (unpaired) electrons. The third kappa shape index (κ3) is 2.69. The molecule has 0 aromatic rings. The molecule has 2 N–H and O–H groups in total. The lowest BCUT2D eigenvalue weighted by atomic mass is 10.4. The van der Waals surface area contributed by atoms with Gasteiger partial charge in [-0.15, -0.1) is 0 Å². The fourth-order valence-corrected chi connectivity index (χ4v) is 0.774. The van der Waals surface area contributed by atoms with Crippen molar-refractivity contribution in [3.05, 3.63) is 12.7 Å². The molecule has 0 aromatic carbocycles. The van der Waals surface area contributed by atoms with Crippen LogP contribution in [0.4, 0.5) is 0 Å². The van der Waals surface area contributed by atoms with Gasteiger partial charge in [-0.3, -0.25) is 9.69 Å². The summed E-state index contributed by atoms with van der Waals surface area (Å²) in [7, 11) is 0. The first kappa shape index (κ1) is 10.1. The van der Waals surface area contributed by atoms with Gasteiger partial charge in [0.1, 0.15) is 0 Å².